The highest BCUT2D eigenvalue weighted by Crippen LogP contribution is 2.23. The molecule has 0 spiro atoms. The van der Waals surface area contributed by atoms with E-state index in [1.54, 1.807) is 24.3 Å². The second-order valence-electron chi connectivity index (χ2n) is 4.93. The number of furan rings is 1. The third kappa shape index (κ3) is 4.46. The Morgan fingerprint density at radius 3 is 2.81 bits per heavy atom. The maximum absolute atomic E-state index is 11.8. The lowest BCUT2D eigenvalue weighted by atomic mass is 10.2. The molecule has 0 aliphatic rings. The molecular weight excluding hydrogens is 296 g/mol. The van der Waals surface area contributed by atoms with E-state index in [9.17, 15) is 9.90 Å². The summed E-state index contributed by atoms with van der Waals surface area (Å²) in [5.74, 6) is -0.560. The van der Waals surface area contributed by atoms with Crippen molar-refractivity contribution >= 4 is 28.5 Å². The molecule has 1 aromatic carbocycles. The van der Waals surface area contributed by atoms with Crippen LogP contribution >= 0.6 is 11.6 Å². The Bertz CT molecular complexity index is 620. The normalized spacial score (nSPS) is 12.8. The van der Waals surface area contributed by atoms with Gasteiger partial charge in [0.05, 0.1) is 12.7 Å². The number of hydrogen-bond acceptors (Lipinski definition) is 5. The van der Waals surface area contributed by atoms with Crippen LogP contribution in [0.1, 0.15) is 24.4 Å². The van der Waals surface area contributed by atoms with E-state index >= 15 is 0 Å². The predicted octanol–water partition coefficient (Wildman–Crippen LogP) is 3.03. The van der Waals surface area contributed by atoms with Gasteiger partial charge < -0.3 is 19.0 Å². The van der Waals surface area contributed by atoms with Crippen molar-refractivity contribution in [2.75, 3.05) is 13.2 Å². The Labute approximate surface area is 127 Å². The molecular formula is C15H17ClO5. The number of hydrogen-bond donors (Lipinski definition) is 1. The number of carbonyl (C=O) groups excluding carboxylic acids is 1. The van der Waals surface area contributed by atoms with Gasteiger partial charge in [-0.05, 0) is 38.1 Å². The Hall–Kier alpha value is -1.56. The molecule has 0 saturated carbocycles. The maximum atomic E-state index is 11.8. The zero-order valence-electron chi connectivity index (χ0n) is 11.8. The average Bonchev–Trinajstić information content (AvgIpc) is 2.85. The molecule has 114 valence electrons. The first-order valence-electron chi connectivity index (χ1n) is 6.61. The third-order valence-corrected chi connectivity index (χ3v) is 2.94. The molecule has 0 unspecified atom stereocenters. The predicted molar refractivity (Wildman–Crippen MR) is 78.6 cm³/mol. The lowest BCUT2D eigenvalue weighted by Gasteiger charge is -2.13. The van der Waals surface area contributed by atoms with E-state index in [1.165, 1.54) is 0 Å². The third-order valence-electron chi connectivity index (χ3n) is 2.71. The lowest BCUT2D eigenvalue weighted by molar-refractivity contribution is -0.0277. The van der Waals surface area contributed by atoms with E-state index in [1.807, 2.05) is 13.8 Å². The molecule has 0 radical (unpaired) electrons. The summed E-state index contributed by atoms with van der Waals surface area (Å²) in [5.41, 5.74) is 0.551. The number of carbonyl (C=O) groups is 1. The van der Waals surface area contributed by atoms with Crippen LogP contribution < -0.4 is 0 Å². The second kappa shape index (κ2) is 6.93. The Morgan fingerprint density at radius 1 is 1.33 bits per heavy atom. The molecule has 1 heterocycles. The SMILES string of the molecule is CC(C)OC[C@@H](O)COC(=O)c1cc2cc(Cl)ccc2o1. The number of rotatable bonds is 6. The van der Waals surface area contributed by atoms with Crippen molar-refractivity contribution < 1.29 is 23.8 Å². The first kappa shape index (κ1) is 15.8. The van der Waals surface area contributed by atoms with Gasteiger partial charge in [-0.15, -0.1) is 0 Å². The maximum Gasteiger partial charge on any atom is 0.374 e. The highest BCUT2D eigenvalue weighted by atomic mass is 35.5. The van der Waals surface area contributed by atoms with Gasteiger partial charge in [0, 0.05) is 10.4 Å². The standard InChI is InChI=1S/C15H17ClO5/c1-9(2)19-7-12(17)8-20-15(18)14-6-10-5-11(16)3-4-13(10)21-14/h3-6,9,12,17H,7-8H2,1-2H3/t12-/m1/s1. The van der Waals surface area contributed by atoms with Crippen LogP contribution in [0.5, 0.6) is 0 Å². The van der Waals surface area contributed by atoms with Gasteiger partial charge in [0.15, 0.2) is 0 Å². The topological polar surface area (TPSA) is 68.9 Å². The molecule has 6 heteroatoms. The summed E-state index contributed by atoms with van der Waals surface area (Å²) in [6.07, 6.45) is -0.856. The van der Waals surface area contributed by atoms with Gasteiger partial charge in [-0.1, -0.05) is 11.6 Å². The van der Waals surface area contributed by atoms with Crippen LogP contribution in [-0.2, 0) is 9.47 Å². The molecule has 2 rings (SSSR count). The van der Waals surface area contributed by atoms with E-state index in [0.717, 1.165) is 5.39 Å². The molecule has 5 nitrogen and oxygen atoms in total. The Morgan fingerprint density at radius 2 is 2.10 bits per heavy atom. The van der Waals surface area contributed by atoms with Gasteiger partial charge in [-0.25, -0.2) is 4.79 Å². The van der Waals surface area contributed by atoms with E-state index in [-0.39, 0.29) is 25.1 Å². The van der Waals surface area contributed by atoms with E-state index < -0.39 is 12.1 Å². The molecule has 1 atom stereocenters. The van der Waals surface area contributed by atoms with Crippen LogP contribution in [0.4, 0.5) is 0 Å². The summed E-state index contributed by atoms with van der Waals surface area (Å²) in [7, 11) is 0. The summed E-state index contributed by atoms with van der Waals surface area (Å²) in [5, 5.41) is 10.9. The van der Waals surface area contributed by atoms with Crippen LogP contribution in [0.15, 0.2) is 28.7 Å². The van der Waals surface area contributed by atoms with Crippen molar-refractivity contribution in [2.45, 2.75) is 26.1 Å². The molecule has 1 N–H and O–H groups in total. The highest BCUT2D eigenvalue weighted by Gasteiger charge is 2.16. The van der Waals surface area contributed by atoms with Crippen LogP contribution in [0.25, 0.3) is 11.0 Å². The largest absolute Gasteiger partial charge is 0.457 e. The van der Waals surface area contributed by atoms with Gasteiger partial charge in [-0.3, -0.25) is 0 Å². The number of benzene rings is 1. The summed E-state index contributed by atoms with van der Waals surface area (Å²) >= 11 is 5.87. The summed E-state index contributed by atoms with van der Waals surface area (Å²) < 4.78 is 15.6. The highest BCUT2D eigenvalue weighted by molar-refractivity contribution is 6.31. The number of fused-ring (bicyclic) bond motifs is 1. The first-order valence-corrected chi connectivity index (χ1v) is 6.99. The smallest absolute Gasteiger partial charge is 0.374 e. The molecule has 0 saturated heterocycles. The van der Waals surface area contributed by atoms with Gasteiger partial charge in [0.2, 0.25) is 5.76 Å². The molecule has 21 heavy (non-hydrogen) atoms. The van der Waals surface area contributed by atoms with Crippen molar-refractivity contribution in [1.82, 2.24) is 0 Å². The average molecular weight is 313 g/mol. The molecule has 1 aromatic heterocycles. The molecule has 0 bridgehead atoms. The van der Waals surface area contributed by atoms with Crippen LogP contribution in [0.3, 0.4) is 0 Å². The van der Waals surface area contributed by atoms with Crippen molar-refractivity contribution in [2.24, 2.45) is 0 Å². The number of ether oxygens (including phenoxy) is 2. The zero-order chi connectivity index (χ0) is 15.4. The fourth-order valence-corrected chi connectivity index (χ4v) is 1.89. The number of halogens is 1. The first-order chi connectivity index (χ1) is 9.95. The fraction of sp³-hybridized carbons (Fsp3) is 0.400. The zero-order valence-corrected chi connectivity index (χ0v) is 12.6. The van der Waals surface area contributed by atoms with Crippen LogP contribution in [0.2, 0.25) is 5.02 Å². The molecule has 2 aromatic rings. The minimum absolute atomic E-state index is 0.00970. The minimum atomic E-state index is -0.866. The van der Waals surface area contributed by atoms with Crippen molar-refractivity contribution in [1.29, 1.82) is 0 Å². The second-order valence-corrected chi connectivity index (χ2v) is 5.36. The van der Waals surface area contributed by atoms with Gasteiger partial charge in [-0.2, -0.15) is 0 Å². The Balaban J connectivity index is 1.93. The number of esters is 1. The van der Waals surface area contributed by atoms with Crippen LogP contribution in [-0.4, -0.2) is 36.5 Å². The Kier molecular flexibility index (Phi) is 5.22. The molecule has 0 aliphatic heterocycles. The van der Waals surface area contributed by atoms with E-state index in [2.05, 4.69) is 0 Å². The molecule has 0 amide bonds. The number of aliphatic hydroxyl groups excluding tert-OH is 1. The molecule has 0 aliphatic carbocycles. The van der Waals surface area contributed by atoms with Gasteiger partial charge in [0.25, 0.3) is 0 Å². The number of aliphatic hydroxyl groups is 1. The van der Waals surface area contributed by atoms with E-state index in [4.69, 9.17) is 25.5 Å². The van der Waals surface area contributed by atoms with Crippen molar-refractivity contribution in [3.63, 3.8) is 0 Å². The molecule has 0 fully saturated rings. The monoisotopic (exact) mass is 312 g/mol. The lowest BCUT2D eigenvalue weighted by Crippen LogP contribution is -2.25. The summed E-state index contributed by atoms with van der Waals surface area (Å²) in [4.78, 5) is 11.8. The minimum Gasteiger partial charge on any atom is -0.457 e. The van der Waals surface area contributed by atoms with Crippen LogP contribution in [0, 0.1) is 0 Å². The fourth-order valence-electron chi connectivity index (χ4n) is 1.71. The summed E-state index contributed by atoms with van der Waals surface area (Å²) in [6, 6.07) is 6.61. The van der Waals surface area contributed by atoms with Crippen molar-refractivity contribution in [3.8, 4) is 0 Å². The van der Waals surface area contributed by atoms with Crippen molar-refractivity contribution in [3.05, 3.63) is 35.0 Å². The van der Waals surface area contributed by atoms with Gasteiger partial charge >= 0.3 is 5.97 Å². The van der Waals surface area contributed by atoms with Gasteiger partial charge in [0.1, 0.15) is 18.3 Å². The quantitative estimate of drug-likeness (QED) is 0.830. The summed E-state index contributed by atoms with van der Waals surface area (Å²) in [6.45, 7) is 3.68. The van der Waals surface area contributed by atoms with E-state index in [0.29, 0.717) is 10.6 Å².